The number of hydrogen-bond donors (Lipinski definition) is 1. The molecule has 1 heterocycles. The molecule has 3 aromatic rings. The highest BCUT2D eigenvalue weighted by Gasteiger charge is 2.14. The molecular weight excluding hydrogens is 310 g/mol. The van der Waals surface area contributed by atoms with Crippen molar-refractivity contribution in [3.63, 3.8) is 0 Å². The van der Waals surface area contributed by atoms with Gasteiger partial charge in [-0.05, 0) is 36.2 Å². The van der Waals surface area contributed by atoms with E-state index in [1.807, 2.05) is 0 Å². The van der Waals surface area contributed by atoms with Crippen LogP contribution in [0, 0.1) is 30.9 Å². The van der Waals surface area contributed by atoms with Crippen LogP contribution in [0.4, 0.5) is 8.78 Å². The van der Waals surface area contributed by atoms with Gasteiger partial charge in [0.1, 0.15) is 6.10 Å². The van der Waals surface area contributed by atoms with Crippen LogP contribution in [0.25, 0.3) is 22.3 Å². The summed E-state index contributed by atoms with van der Waals surface area (Å²) in [6.07, 6.45) is 6.01. The first-order valence-electron chi connectivity index (χ1n) is 7.34. The molecule has 0 bridgehead atoms. The van der Waals surface area contributed by atoms with Gasteiger partial charge < -0.3 is 5.11 Å². The molecule has 1 aromatic heterocycles. The van der Waals surface area contributed by atoms with Crippen molar-refractivity contribution in [2.75, 3.05) is 0 Å². The smallest absolute Gasteiger partial charge is 0.168 e. The lowest BCUT2D eigenvalue weighted by molar-refractivity contribution is 0.233. The van der Waals surface area contributed by atoms with Crippen molar-refractivity contribution >= 4 is 11.0 Å². The van der Waals surface area contributed by atoms with Gasteiger partial charge in [0.2, 0.25) is 0 Å². The van der Waals surface area contributed by atoms with Gasteiger partial charge in [-0.2, -0.15) is 0 Å². The number of fused-ring (bicyclic) bond motifs is 1. The average Bonchev–Trinajstić information content (AvgIpc) is 2.59. The summed E-state index contributed by atoms with van der Waals surface area (Å²) in [4.78, 5) is 8.61. The van der Waals surface area contributed by atoms with E-state index in [-0.39, 0.29) is 16.8 Å². The fourth-order valence-corrected chi connectivity index (χ4v) is 2.44. The lowest BCUT2D eigenvalue weighted by Crippen LogP contribution is -2.06. The molecule has 0 amide bonds. The van der Waals surface area contributed by atoms with Gasteiger partial charge >= 0.3 is 0 Å². The Hall–Kier alpha value is -2.84. The van der Waals surface area contributed by atoms with E-state index in [0.29, 0.717) is 17.5 Å². The minimum absolute atomic E-state index is 0.0688. The van der Waals surface area contributed by atoms with Crippen LogP contribution in [0.2, 0.25) is 0 Å². The number of terminal acetylenes is 1. The zero-order chi connectivity index (χ0) is 17.3. The van der Waals surface area contributed by atoms with E-state index in [2.05, 4.69) is 15.9 Å². The highest BCUT2D eigenvalue weighted by molar-refractivity contribution is 5.78. The topological polar surface area (TPSA) is 46.0 Å². The van der Waals surface area contributed by atoms with Crippen LogP contribution in [0.5, 0.6) is 0 Å². The molecule has 0 fully saturated rings. The Morgan fingerprint density at radius 2 is 1.96 bits per heavy atom. The van der Waals surface area contributed by atoms with E-state index in [0.717, 1.165) is 5.56 Å². The van der Waals surface area contributed by atoms with Gasteiger partial charge in [0.05, 0.1) is 22.9 Å². The molecule has 0 aliphatic heterocycles. The molecule has 0 aliphatic rings. The highest BCUT2D eigenvalue weighted by Crippen LogP contribution is 2.26. The second-order valence-electron chi connectivity index (χ2n) is 5.52. The predicted molar refractivity (Wildman–Crippen MR) is 88.2 cm³/mol. The number of aliphatic hydroxyl groups excluding tert-OH is 1. The van der Waals surface area contributed by atoms with Gasteiger partial charge in [-0.1, -0.05) is 18.1 Å². The fourth-order valence-electron chi connectivity index (χ4n) is 2.44. The van der Waals surface area contributed by atoms with E-state index in [9.17, 15) is 13.9 Å². The molecule has 24 heavy (non-hydrogen) atoms. The number of benzene rings is 2. The maximum Gasteiger partial charge on any atom is 0.168 e. The second-order valence-corrected chi connectivity index (χ2v) is 5.52. The summed E-state index contributed by atoms with van der Waals surface area (Å²) in [5.41, 5.74) is 2.53. The molecule has 0 saturated carbocycles. The molecule has 1 atom stereocenters. The molecule has 3 nitrogen and oxygen atoms in total. The Kier molecular flexibility index (Phi) is 4.24. The zero-order valence-electron chi connectivity index (χ0n) is 12.9. The van der Waals surface area contributed by atoms with Crippen LogP contribution in [0.3, 0.4) is 0 Å². The maximum absolute atomic E-state index is 14.1. The average molecular weight is 324 g/mol. The Balaban J connectivity index is 2.02. The van der Waals surface area contributed by atoms with Gasteiger partial charge in [0.15, 0.2) is 11.6 Å². The summed E-state index contributed by atoms with van der Waals surface area (Å²) in [7, 11) is 0. The quantitative estimate of drug-likeness (QED) is 0.751. The molecule has 1 N–H and O–H groups in total. The summed E-state index contributed by atoms with van der Waals surface area (Å²) in [6, 6.07) is 8.24. The highest BCUT2D eigenvalue weighted by atomic mass is 19.2. The number of hydrogen-bond acceptors (Lipinski definition) is 3. The molecular formula is C19H14F2N2O. The predicted octanol–water partition coefficient (Wildman–Crippen LogP) is 3.42. The van der Waals surface area contributed by atoms with Crippen LogP contribution in [0.1, 0.15) is 11.1 Å². The van der Waals surface area contributed by atoms with Gasteiger partial charge in [-0.25, -0.2) is 13.8 Å². The van der Waals surface area contributed by atoms with Crippen molar-refractivity contribution in [2.45, 2.75) is 19.4 Å². The third-order valence-corrected chi connectivity index (χ3v) is 3.78. The SMILES string of the molecule is C#CC(O)Cc1ccc2nc(-c3ccc(C)c(F)c3F)cnc2c1. The van der Waals surface area contributed by atoms with Crippen molar-refractivity contribution in [2.24, 2.45) is 0 Å². The fraction of sp³-hybridized carbons (Fsp3) is 0.158. The normalized spacial score (nSPS) is 12.1. The Bertz CT molecular complexity index is 963. The van der Waals surface area contributed by atoms with E-state index in [4.69, 9.17) is 6.42 Å². The first-order chi connectivity index (χ1) is 11.5. The Morgan fingerprint density at radius 1 is 1.17 bits per heavy atom. The molecule has 0 spiro atoms. The summed E-state index contributed by atoms with van der Waals surface area (Å²) in [5.74, 6) is 0.436. The van der Waals surface area contributed by atoms with Gasteiger partial charge in [0.25, 0.3) is 0 Å². The van der Waals surface area contributed by atoms with Gasteiger partial charge in [0, 0.05) is 12.0 Å². The molecule has 0 saturated heterocycles. The number of rotatable bonds is 3. The molecule has 120 valence electrons. The van der Waals surface area contributed by atoms with Crippen LogP contribution in [-0.4, -0.2) is 21.2 Å². The van der Waals surface area contributed by atoms with Crippen molar-refractivity contribution in [1.29, 1.82) is 0 Å². The van der Waals surface area contributed by atoms with Gasteiger partial charge in [-0.15, -0.1) is 6.42 Å². The first-order valence-corrected chi connectivity index (χ1v) is 7.34. The summed E-state index contributed by atoms with van der Waals surface area (Å²) in [5, 5.41) is 9.51. The van der Waals surface area contributed by atoms with Crippen molar-refractivity contribution < 1.29 is 13.9 Å². The molecule has 0 aliphatic carbocycles. The summed E-state index contributed by atoms with van der Waals surface area (Å²) >= 11 is 0. The Labute approximate surface area is 138 Å². The lowest BCUT2D eigenvalue weighted by atomic mass is 10.1. The van der Waals surface area contributed by atoms with E-state index >= 15 is 0 Å². The van der Waals surface area contributed by atoms with Crippen LogP contribution in [-0.2, 0) is 6.42 Å². The number of aliphatic hydroxyl groups is 1. The largest absolute Gasteiger partial charge is 0.380 e. The second kappa shape index (κ2) is 6.34. The number of nitrogens with zero attached hydrogens (tertiary/aromatic N) is 2. The Morgan fingerprint density at radius 3 is 2.71 bits per heavy atom. The molecule has 1 unspecified atom stereocenters. The van der Waals surface area contributed by atoms with Crippen molar-refractivity contribution in [3.8, 4) is 23.6 Å². The molecule has 5 heteroatoms. The van der Waals surface area contributed by atoms with Crippen LogP contribution in [0.15, 0.2) is 36.5 Å². The maximum atomic E-state index is 14.1. The number of aromatic nitrogens is 2. The van der Waals surface area contributed by atoms with Crippen LogP contribution >= 0.6 is 0 Å². The first kappa shape index (κ1) is 16.0. The van der Waals surface area contributed by atoms with Gasteiger partial charge in [-0.3, -0.25) is 4.98 Å². The molecule has 0 radical (unpaired) electrons. The van der Waals surface area contributed by atoms with Crippen molar-refractivity contribution in [3.05, 3.63) is 59.3 Å². The van der Waals surface area contributed by atoms with E-state index < -0.39 is 17.7 Å². The number of halogens is 2. The monoisotopic (exact) mass is 324 g/mol. The number of aryl methyl sites for hydroxylation is 1. The summed E-state index contributed by atoms with van der Waals surface area (Å²) in [6.45, 7) is 1.50. The van der Waals surface area contributed by atoms with Crippen LogP contribution < -0.4 is 0 Å². The third kappa shape index (κ3) is 2.97. The molecule has 2 aromatic carbocycles. The minimum Gasteiger partial charge on any atom is -0.380 e. The van der Waals surface area contributed by atoms with E-state index in [1.165, 1.54) is 25.3 Å². The molecule has 3 rings (SSSR count). The van der Waals surface area contributed by atoms with Crippen molar-refractivity contribution in [1.82, 2.24) is 9.97 Å². The zero-order valence-corrected chi connectivity index (χ0v) is 12.9. The lowest BCUT2D eigenvalue weighted by Gasteiger charge is -2.08. The third-order valence-electron chi connectivity index (χ3n) is 3.78. The standard InChI is InChI=1S/C19H14F2N2O/c1-3-13(24)8-12-5-7-15-16(9-12)22-10-17(23-15)14-6-4-11(2)18(20)19(14)21/h1,4-7,9-10,13,24H,8H2,2H3. The van der Waals surface area contributed by atoms with E-state index in [1.54, 1.807) is 18.2 Å². The summed E-state index contributed by atoms with van der Waals surface area (Å²) < 4.78 is 27.8. The minimum atomic E-state index is -0.933.